The van der Waals surface area contributed by atoms with Crippen molar-refractivity contribution in [3.63, 3.8) is 0 Å². The zero-order valence-electron chi connectivity index (χ0n) is 9.76. The molecule has 1 unspecified atom stereocenters. The van der Waals surface area contributed by atoms with Crippen molar-refractivity contribution >= 4 is 0 Å². The van der Waals surface area contributed by atoms with Gasteiger partial charge in [0.2, 0.25) is 0 Å². The standard InChI is InChI=1S/C11H14FN5/c1-7-3-4-8(9(12)5-7)10(13)6-11-14-16-17(2)15-11/h3-5,10H,6,13H2,1-2H3. The number of nitrogens with two attached hydrogens (primary N) is 1. The molecule has 1 atom stereocenters. The van der Waals surface area contributed by atoms with E-state index in [0.717, 1.165) is 5.56 Å². The lowest BCUT2D eigenvalue weighted by Gasteiger charge is -2.11. The molecule has 0 radical (unpaired) electrons. The number of hydrogen-bond donors (Lipinski definition) is 1. The largest absolute Gasteiger partial charge is 0.323 e. The first-order valence-corrected chi connectivity index (χ1v) is 5.31. The van der Waals surface area contributed by atoms with E-state index in [1.807, 2.05) is 13.0 Å². The van der Waals surface area contributed by atoms with E-state index in [4.69, 9.17) is 5.73 Å². The van der Waals surface area contributed by atoms with Crippen molar-refractivity contribution in [2.75, 3.05) is 0 Å². The number of tetrazole rings is 1. The summed E-state index contributed by atoms with van der Waals surface area (Å²) < 4.78 is 13.7. The number of nitrogens with zero attached hydrogens (tertiary/aromatic N) is 4. The van der Waals surface area contributed by atoms with E-state index >= 15 is 0 Å². The third-order valence-corrected chi connectivity index (χ3v) is 2.51. The van der Waals surface area contributed by atoms with Crippen molar-refractivity contribution in [2.24, 2.45) is 12.8 Å². The Hall–Kier alpha value is -1.82. The van der Waals surface area contributed by atoms with Gasteiger partial charge in [-0.2, -0.15) is 4.80 Å². The fourth-order valence-corrected chi connectivity index (χ4v) is 1.64. The maximum atomic E-state index is 13.7. The molecule has 1 heterocycles. The summed E-state index contributed by atoms with van der Waals surface area (Å²) in [4.78, 5) is 1.35. The highest BCUT2D eigenvalue weighted by Crippen LogP contribution is 2.18. The molecule has 17 heavy (non-hydrogen) atoms. The maximum absolute atomic E-state index is 13.7. The van der Waals surface area contributed by atoms with Crippen LogP contribution in [0.4, 0.5) is 4.39 Å². The van der Waals surface area contributed by atoms with Gasteiger partial charge in [0.15, 0.2) is 5.82 Å². The predicted molar refractivity (Wildman–Crippen MR) is 60.6 cm³/mol. The summed E-state index contributed by atoms with van der Waals surface area (Å²) in [7, 11) is 1.68. The normalized spacial score (nSPS) is 12.7. The minimum atomic E-state index is -0.459. The Balaban J connectivity index is 2.17. The van der Waals surface area contributed by atoms with Gasteiger partial charge in [-0.1, -0.05) is 12.1 Å². The fourth-order valence-electron chi connectivity index (χ4n) is 1.64. The second-order valence-electron chi connectivity index (χ2n) is 4.03. The van der Waals surface area contributed by atoms with Crippen LogP contribution in [-0.2, 0) is 13.5 Å². The molecular weight excluding hydrogens is 221 g/mol. The summed E-state index contributed by atoms with van der Waals surface area (Å²) in [6, 6.07) is 4.55. The van der Waals surface area contributed by atoms with Crippen molar-refractivity contribution in [2.45, 2.75) is 19.4 Å². The number of aryl methyl sites for hydroxylation is 2. The van der Waals surface area contributed by atoms with Crippen molar-refractivity contribution in [3.8, 4) is 0 Å². The Morgan fingerprint density at radius 2 is 2.24 bits per heavy atom. The molecular formula is C11H14FN5. The highest BCUT2D eigenvalue weighted by Gasteiger charge is 2.14. The molecule has 0 amide bonds. The SMILES string of the molecule is Cc1ccc(C(N)Cc2nnn(C)n2)c(F)c1. The molecule has 0 fully saturated rings. The van der Waals surface area contributed by atoms with Crippen LogP contribution in [0, 0.1) is 12.7 Å². The van der Waals surface area contributed by atoms with Gasteiger partial charge >= 0.3 is 0 Å². The van der Waals surface area contributed by atoms with E-state index in [1.165, 1.54) is 10.9 Å². The van der Waals surface area contributed by atoms with Crippen LogP contribution in [0.5, 0.6) is 0 Å². The molecule has 2 rings (SSSR count). The van der Waals surface area contributed by atoms with Gasteiger partial charge in [0.1, 0.15) is 5.82 Å². The summed E-state index contributed by atoms with van der Waals surface area (Å²) in [6.45, 7) is 1.84. The number of hydrogen-bond acceptors (Lipinski definition) is 4. The van der Waals surface area contributed by atoms with Crippen LogP contribution >= 0.6 is 0 Å². The first-order valence-electron chi connectivity index (χ1n) is 5.31. The first kappa shape index (κ1) is 11.7. The fraction of sp³-hybridized carbons (Fsp3) is 0.364. The van der Waals surface area contributed by atoms with Gasteiger partial charge in [-0.05, 0) is 23.8 Å². The van der Waals surface area contributed by atoms with Crippen LogP contribution in [0.3, 0.4) is 0 Å². The molecule has 0 saturated heterocycles. The summed E-state index contributed by atoms with van der Waals surface area (Å²) >= 11 is 0. The molecule has 0 aliphatic carbocycles. The van der Waals surface area contributed by atoms with E-state index < -0.39 is 6.04 Å². The van der Waals surface area contributed by atoms with E-state index in [-0.39, 0.29) is 5.82 Å². The monoisotopic (exact) mass is 235 g/mol. The molecule has 6 heteroatoms. The Morgan fingerprint density at radius 1 is 1.47 bits per heavy atom. The smallest absolute Gasteiger partial charge is 0.176 e. The summed E-state index contributed by atoms with van der Waals surface area (Å²) in [5.74, 6) is 0.223. The molecule has 0 spiro atoms. The maximum Gasteiger partial charge on any atom is 0.176 e. The Bertz CT molecular complexity index is 522. The summed E-state index contributed by atoms with van der Waals surface area (Å²) in [5.41, 5.74) is 7.28. The Morgan fingerprint density at radius 3 is 2.82 bits per heavy atom. The molecule has 0 aliphatic heterocycles. The molecule has 0 aliphatic rings. The predicted octanol–water partition coefficient (Wildman–Crippen LogP) is 0.900. The van der Waals surface area contributed by atoms with Crippen LogP contribution < -0.4 is 5.73 Å². The van der Waals surface area contributed by atoms with Gasteiger partial charge in [-0.15, -0.1) is 10.2 Å². The van der Waals surface area contributed by atoms with Crippen molar-refractivity contribution in [1.29, 1.82) is 0 Å². The number of halogens is 1. The third-order valence-electron chi connectivity index (χ3n) is 2.51. The minimum absolute atomic E-state index is 0.290. The van der Waals surface area contributed by atoms with Crippen molar-refractivity contribution in [3.05, 3.63) is 41.0 Å². The highest BCUT2D eigenvalue weighted by molar-refractivity contribution is 5.26. The molecule has 1 aromatic heterocycles. The zero-order valence-corrected chi connectivity index (χ0v) is 9.76. The average molecular weight is 235 g/mol. The van der Waals surface area contributed by atoms with Crippen LogP contribution in [0.2, 0.25) is 0 Å². The summed E-state index contributed by atoms with van der Waals surface area (Å²) in [5, 5.41) is 11.5. The second kappa shape index (κ2) is 4.58. The molecule has 0 saturated carbocycles. The molecule has 1 aromatic carbocycles. The molecule has 2 aromatic rings. The van der Waals surface area contributed by atoms with Crippen LogP contribution in [0.25, 0.3) is 0 Å². The van der Waals surface area contributed by atoms with Gasteiger partial charge in [-0.3, -0.25) is 0 Å². The van der Waals surface area contributed by atoms with Gasteiger partial charge in [0.25, 0.3) is 0 Å². The molecule has 0 bridgehead atoms. The van der Waals surface area contributed by atoms with Gasteiger partial charge < -0.3 is 5.73 Å². The van der Waals surface area contributed by atoms with Crippen LogP contribution in [0.15, 0.2) is 18.2 Å². The van der Waals surface area contributed by atoms with Gasteiger partial charge in [0, 0.05) is 18.0 Å². The quantitative estimate of drug-likeness (QED) is 0.858. The third kappa shape index (κ3) is 2.65. The molecule has 90 valence electrons. The van der Waals surface area contributed by atoms with Gasteiger partial charge in [-0.25, -0.2) is 4.39 Å². The number of benzene rings is 1. The molecule has 5 nitrogen and oxygen atoms in total. The first-order chi connectivity index (χ1) is 8.06. The van der Waals surface area contributed by atoms with E-state index in [2.05, 4.69) is 15.4 Å². The lowest BCUT2D eigenvalue weighted by Crippen LogP contribution is -2.16. The van der Waals surface area contributed by atoms with E-state index in [1.54, 1.807) is 13.1 Å². The zero-order chi connectivity index (χ0) is 12.4. The highest BCUT2D eigenvalue weighted by atomic mass is 19.1. The number of aromatic nitrogens is 4. The number of rotatable bonds is 3. The molecule has 2 N–H and O–H groups in total. The van der Waals surface area contributed by atoms with Gasteiger partial charge in [0.05, 0.1) is 7.05 Å². The lowest BCUT2D eigenvalue weighted by atomic mass is 10.0. The van der Waals surface area contributed by atoms with Crippen molar-refractivity contribution < 1.29 is 4.39 Å². The van der Waals surface area contributed by atoms with E-state index in [0.29, 0.717) is 17.8 Å². The Kier molecular flexibility index (Phi) is 3.14. The second-order valence-corrected chi connectivity index (χ2v) is 4.03. The Labute approximate surface area is 98.4 Å². The van der Waals surface area contributed by atoms with Crippen molar-refractivity contribution in [1.82, 2.24) is 20.2 Å². The van der Waals surface area contributed by atoms with E-state index in [9.17, 15) is 4.39 Å². The van der Waals surface area contributed by atoms with Crippen LogP contribution in [0.1, 0.15) is 23.0 Å². The average Bonchev–Trinajstić information content (AvgIpc) is 2.63. The summed E-state index contributed by atoms with van der Waals surface area (Å²) in [6.07, 6.45) is 0.369. The van der Waals surface area contributed by atoms with Crippen LogP contribution in [-0.4, -0.2) is 20.2 Å². The topological polar surface area (TPSA) is 69.6 Å². The lowest BCUT2D eigenvalue weighted by molar-refractivity contribution is 0.572. The minimum Gasteiger partial charge on any atom is -0.323 e.